The van der Waals surface area contributed by atoms with Crippen LogP contribution in [0.3, 0.4) is 0 Å². The van der Waals surface area contributed by atoms with E-state index in [1.54, 1.807) is 0 Å². The molecule has 3 unspecified atom stereocenters. The highest BCUT2D eigenvalue weighted by Crippen LogP contribution is 2.26. The first kappa shape index (κ1) is 15.5. The number of nitrogens with zero attached hydrogens (tertiary/aromatic N) is 1. The summed E-state index contributed by atoms with van der Waals surface area (Å²) in [7, 11) is 0. The molecule has 1 saturated heterocycles. The zero-order chi connectivity index (χ0) is 15.5. The fourth-order valence-corrected chi connectivity index (χ4v) is 3.57. The number of rotatable bonds is 5. The van der Waals surface area contributed by atoms with Crippen molar-refractivity contribution < 1.29 is 9.90 Å². The maximum Gasteiger partial charge on any atom is 0.227 e. The summed E-state index contributed by atoms with van der Waals surface area (Å²) in [6.07, 6.45) is 4.70. The van der Waals surface area contributed by atoms with E-state index in [0.29, 0.717) is 12.3 Å². The van der Waals surface area contributed by atoms with E-state index < -0.39 is 0 Å². The van der Waals surface area contributed by atoms with Crippen molar-refractivity contribution in [2.75, 3.05) is 18.0 Å². The van der Waals surface area contributed by atoms with Gasteiger partial charge in [0.1, 0.15) is 0 Å². The Balaban J connectivity index is 1.56. The summed E-state index contributed by atoms with van der Waals surface area (Å²) >= 11 is 0. The molecule has 4 heteroatoms. The van der Waals surface area contributed by atoms with Crippen LogP contribution in [0, 0.1) is 5.92 Å². The third-order valence-corrected chi connectivity index (χ3v) is 5.08. The van der Waals surface area contributed by atoms with Gasteiger partial charge < -0.3 is 15.3 Å². The first-order valence-corrected chi connectivity index (χ1v) is 8.47. The molecule has 4 nitrogen and oxygen atoms in total. The molecule has 1 aliphatic heterocycles. The van der Waals surface area contributed by atoms with Crippen molar-refractivity contribution in [3.05, 3.63) is 29.8 Å². The summed E-state index contributed by atoms with van der Waals surface area (Å²) in [5.74, 6) is 0.623. The lowest BCUT2D eigenvalue weighted by atomic mass is 10.0. The molecule has 2 aliphatic rings. The Morgan fingerprint density at radius 2 is 2.05 bits per heavy atom. The first-order chi connectivity index (χ1) is 10.6. The molecular weight excluding hydrogens is 276 g/mol. The van der Waals surface area contributed by atoms with Gasteiger partial charge >= 0.3 is 0 Å². The molecule has 22 heavy (non-hydrogen) atoms. The average Bonchev–Trinajstić information content (AvgIpc) is 3.13. The molecule has 1 aromatic carbocycles. The van der Waals surface area contributed by atoms with E-state index in [1.165, 1.54) is 5.56 Å². The van der Waals surface area contributed by atoms with Crippen LogP contribution in [-0.2, 0) is 4.79 Å². The van der Waals surface area contributed by atoms with Gasteiger partial charge in [0, 0.05) is 31.2 Å². The minimum atomic E-state index is -0.136. The number of aliphatic hydroxyl groups is 1. The number of benzene rings is 1. The van der Waals surface area contributed by atoms with Crippen molar-refractivity contribution in [3.63, 3.8) is 0 Å². The number of hydrogen-bond donors (Lipinski definition) is 2. The van der Waals surface area contributed by atoms with Gasteiger partial charge in [0.2, 0.25) is 5.91 Å². The van der Waals surface area contributed by atoms with Gasteiger partial charge in [0.15, 0.2) is 0 Å². The number of hydrogen-bond acceptors (Lipinski definition) is 3. The molecule has 1 amide bonds. The third-order valence-electron chi connectivity index (χ3n) is 5.08. The van der Waals surface area contributed by atoms with E-state index in [9.17, 15) is 9.90 Å². The predicted octanol–water partition coefficient (Wildman–Crippen LogP) is 2.63. The van der Waals surface area contributed by atoms with Gasteiger partial charge in [0.05, 0.1) is 6.10 Å². The lowest BCUT2D eigenvalue weighted by molar-refractivity contribution is -0.117. The zero-order valence-electron chi connectivity index (χ0n) is 13.3. The Morgan fingerprint density at radius 3 is 2.64 bits per heavy atom. The van der Waals surface area contributed by atoms with Crippen LogP contribution in [0.4, 0.5) is 5.69 Å². The topological polar surface area (TPSA) is 52.6 Å². The van der Waals surface area contributed by atoms with Gasteiger partial charge in [-0.05, 0) is 49.8 Å². The second kappa shape index (κ2) is 6.80. The maximum absolute atomic E-state index is 11.8. The Morgan fingerprint density at radius 1 is 1.27 bits per heavy atom. The van der Waals surface area contributed by atoms with Crippen molar-refractivity contribution in [2.45, 2.75) is 51.2 Å². The Bertz CT molecular complexity index is 514. The van der Waals surface area contributed by atoms with Crippen LogP contribution in [0.15, 0.2) is 24.3 Å². The number of aliphatic hydroxyl groups excluding tert-OH is 1. The fraction of sp³-hybridized carbons (Fsp3) is 0.611. The number of carbonyl (C=O) groups is 1. The lowest BCUT2D eigenvalue weighted by Gasteiger charge is -2.21. The number of anilines is 1. The standard InChI is InChI=1S/C18H26N2O2/c1-13(19-12-15-4-2-5-17(15)21)14-7-9-16(10-8-14)20-11-3-6-18(20)22/h7-10,13,15,17,19,21H,2-6,11-12H2,1H3. The molecular formula is C18H26N2O2. The highest BCUT2D eigenvalue weighted by molar-refractivity contribution is 5.95. The normalized spacial score (nSPS) is 26.6. The Labute approximate surface area is 132 Å². The van der Waals surface area contributed by atoms with E-state index in [-0.39, 0.29) is 18.1 Å². The molecule has 1 saturated carbocycles. The molecule has 2 fully saturated rings. The summed E-state index contributed by atoms with van der Waals surface area (Å²) in [5, 5.41) is 13.4. The minimum Gasteiger partial charge on any atom is -0.393 e. The zero-order valence-corrected chi connectivity index (χ0v) is 13.3. The van der Waals surface area contributed by atoms with E-state index in [4.69, 9.17) is 0 Å². The lowest BCUT2D eigenvalue weighted by Crippen LogP contribution is -2.29. The predicted molar refractivity (Wildman–Crippen MR) is 87.8 cm³/mol. The number of nitrogens with one attached hydrogen (secondary N) is 1. The Kier molecular flexibility index (Phi) is 4.79. The first-order valence-electron chi connectivity index (χ1n) is 8.47. The van der Waals surface area contributed by atoms with E-state index in [2.05, 4.69) is 24.4 Å². The Hall–Kier alpha value is -1.39. The highest BCUT2D eigenvalue weighted by Gasteiger charge is 2.25. The second-order valence-electron chi connectivity index (χ2n) is 6.63. The van der Waals surface area contributed by atoms with Crippen LogP contribution in [0.2, 0.25) is 0 Å². The summed E-state index contributed by atoms with van der Waals surface area (Å²) in [4.78, 5) is 13.6. The SMILES string of the molecule is CC(NCC1CCCC1O)c1ccc(N2CCCC2=O)cc1. The quantitative estimate of drug-likeness (QED) is 0.879. The summed E-state index contributed by atoms with van der Waals surface area (Å²) in [6, 6.07) is 8.55. The van der Waals surface area contributed by atoms with Gasteiger partial charge in [-0.1, -0.05) is 18.6 Å². The van der Waals surface area contributed by atoms with Crippen LogP contribution in [-0.4, -0.2) is 30.2 Å². The molecule has 120 valence electrons. The van der Waals surface area contributed by atoms with Gasteiger partial charge in [0.25, 0.3) is 0 Å². The maximum atomic E-state index is 11.8. The smallest absolute Gasteiger partial charge is 0.227 e. The minimum absolute atomic E-state index is 0.136. The molecule has 0 radical (unpaired) electrons. The van der Waals surface area contributed by atoms with Crippen molar-refractivity contribution in [3.8, 4) is 0 Å². The van der Waals surface area contributed by atoms with Gasteiger partial charge in [-0.15, -0.1) is 0 Å². The van der Waals surface area contributed by atoms with Crippen LogP contribution >= 0.6 is 0 Å². The average molecular weight is 302 g/mol. The highest BCUT2D eigenvalue weighted by atomic mass is 16.3. The third kappa shape index (κ3) is 3.33. The summed E-state index contributed by atoms with van der Waals surface area (Å²) < 4.78 is 0. The van der Waals surface area contributed by atoms with Crippen LogP contribution in [0.5, 0.6) is 0 Å². The van der Waals surface area contributed by atoms with Crippen LogP contribution in [0.1, 0.15) is 50.6 Å². The van der Waals surface area contributed by atoms with Crippen LogP contribution in [0.25, 0.3) is 0 Å². The van der Waals surface area contributed by atoms with Crippen molar-refractivity contribution in [1.29, 1.82) is 0 Å². The van der Waals surface area contributed by atoms with Crippen molar-refractivity contribution >= 4 is 11.6 Å². The van der Waals surface area contributed by atoms with Crippen molar-refractivity contribution in [2.24, 2.45) is 5.92 Å². The molecule has 3 rings (SSSR count). The molecule has 1 aromatic rings. The number of amides is 1. The molecule has 3 atom stereocenters. The number of carbonyl (C=O) groups excluding carboxylic acids is 1. The molecule has 1 aliphatic carbocycles. The largest absolute Gasteiger partial charge is 0.393 e. The van der Waals surface area contributed by atoms with E-state index >= 15 is 0 Å². The van der Waals surface area contributed by atoms with E-state index in [1.807, 2.05) is 17.0 Å². The van der Waals surface area contributed by atoms with Crippen molar-refractivity contribution in [1.82, 2.24) is 5.32 Å². The summed E-state index contributed by atoms with van der Waals surface area (Å²) in [6.45, 7) is 3.86. The summed E-state index contributed by atoms with van der Waals surface area (Å²) in [5.41, 5.74) is 2.23. The van der Waals surface area contributed by atoms with Gasteiger partial charge in [-0.2, -0.15) is 0 Å². The van der Waals surface area contributed by atoms with E-state index in [0.717, 1.165) is 44.5 Å². The molecule has 0 bridgehead atoms. The fourth-order valence-electron chi connectivity index (χ4n) is 3.57. The van der Waals surface area contributed by atoms with Crippen LogP contribution < -0.4 is 10.2 Å². The monoisotopic (exact) mass is 302 g/mol. The molecule has 0 aromatic heterocycles. The van der Waals surface area contributed by atoms with Gasteiger partial charge in [-0.3, -0.25) is 4.79 Å². The van der Waals surface area contributed by atoms with Gasteiger partial charge in [-0.25, -0.2) is 0 Å². The molecule has 2 N–H and O–H groups in total. The second-order valence-corrected chi connectivity index (χ2v) is 6.63. The molecule has 1 heterocycles. The molecule has 0 spiro atoms.